The van der Waals surface area contributed by atoms with Crippen molar-refractivity contribution in [2.24, 2.45) is 0 Å². The summed E-state index contributed by atoms with van der Waals surface area (Å²) < 4.78 is 0. The molecule has 0 radical (unpaired) electrons. The minimum absolute atomic E-state index is 0. The number of carbonyl (C=O) groups is 1. The Morgan fingerprint density at radius 3 is 2.17 bits per heavy atom. The minimum atomic E-state index is -1.13. The number of carbonyl (C=O) groups excluding carboxylic acids is 1. The van der Waals surface area contributed by atoms with Crippen molar-refractivity contribution in [3.63, 3.8) is 0 Å². The van der Waals surface area contributed by atoms with Crippen LogP contribution in [0, 0.1) is 0 Å². The number of hydrogen-bond acceptors (Lipinski definition) is 6. The summed E-state index contributed by atoms with van der Waals surface area (Å²) in [5, 5.41) is 34.0. The van der Waals surface area contributed by atoms with E-state index < -0.39 is 18.1 Å². The number of aliphatic hydroxyl groups excluding tert-OH is 2. The standard InChI is InChI=1S/C17H36N2O4.K/c1-4-6-8-15(20)12-18-10-11-19(14(3)17(22)23)13-16(21)9-7-5-2;/h14-16,18,20-21H,4-13H2,1-3H3,(H,22,23);/q;+1/p-1. The molecule has 0 heterocycles. The third kappa shape index (κ3) is 14.2. The molecule has 0 aliphatic carbocycles. The van der Waals surface area contributed by atoms with Crippen molar-refractivity contribution in [2.75, 3.05) is 26.2 Å². The number of rotatable bonds is 15. The topological polar surface area (TPSA) is 95.9 Å². The summed E-state index contributed by atoms with van der Waals surface area (Å²) in [6.45, 7) is 7.63. The van der Waals surface area contributed by atoms with Gasteiger partial charge in [-0.1, -0.05) is 39.5 Å². The van der Waals surface area contributed by atoms with Crippen LogP contribution in [0.5, 0.6) is 0 Å². The Labute approximate surface area is 189 Å². The van der Waals surface area contributed by atoms with Crippen LogP contribution in [0.4, 0.5) is 0 Å². The number of aliphatic carboxylic acids is 1. The van der Waals surface area contributed by atoms with Crippen LogP contribution in [-0.4, -0.2) is 65.5 Å². The molecule has 0 fully saturated rings. The molecule has 0 aromatic heterocycles. The average molecular weight is 371 g/mol. The van der Waals surface area contributed by atoms with Crippen LogP contribution < -0.4 is 61.8 Å². The molecule has 0 rings (SSSR count). The van der Waals surface area contributed by atoms with Crippen LogP contribution in [0.1, 0.15) is 59.3 Å². The first kappa shape index (κ1) is 27.2. The van der Waals surface area contributed by atoms with Gasteiger partial charge < -0.3 is 25.4 Å². The SMILES string of the molecule is CCCCC(O)CNCCN(CC(O)CCCC)C(C)C(=O)[O-].[K+]. The fraction of sp³-hybridized carbons (Fsp3) is 0.941. The van der Waals surface area contributed by atoms with Gasteiger partial charge in [-0.2, -0.15) is 0 Å². The molecule has 7 heteroatoms. The van der Waals surface area contributed by atoms with Crippen LogP contribution in [-0.2, 0) is 4.79 Å². The molecule has 6 nitrogen and oxygen atoms in total. The van der Waals surface area contributed by atoms with Crippen molar-refractivity contribution < 1.29 is 71.5 Å². The molecule has 0 saturated heterocycles. The fourth-order valence-corrected chi connectivity index (χ4v) is 2.43. The second kappa shape index (κ2) is 17.4. The van der Waals surface area contributed by atoms with Gasteiger partial charge in [0.15, 0.2) is 0 Å². The van der Waals surface area contributed by atoms with Gasteiger partial charge in [0.05, 0.1) is 18.2 Å². The summed E-state index contributed by atoms with van der Waals surface area (Å²) in [6, 6.07) is -0.738. The zero-order valence-electron chi connectivity index (χ0n) is 16.0. The number of unbranched alkanes of at least 4 members (excludes halogenated alkanes) is 2. The molecule has 0 aliphatic rings. The molecular weight excluding hydrogens is 335 g/mol. The Kier molecular flexibility index (Phi) is 19.7. The Bertz CT molecular complexity index is 308. The molecule has 0 aliphatic heterocycles. The number of carboxylic acid groups (broad SMARTS) is 1. The molecule has 3 unspecified atom stereocenters. The van der Waals surface area contributed by atoms with Gasteiger partial charge >= 0.3 is 51.4 Å². The van der Waals surface area contributed by atoms with Crippen LogP contribution in [0.2, 0.25) is 0 Å². The molecule has 0 saturated carbocycles. The first-order valence-electron chi connectivity index (χ1n) is 8.94. The second-order valence-corrected chi connectivity index (χ2v) is 6.29. The third-order valence-electron chi connectivity index (χ3n) is 4.07. The van der Waals surface area contributed by atoms with E-state index in [0.29, 0.717) is 32.6 Å². The Morgan fingerprint density at radius 1 is 1.12 bits per heavy atom. The molecule has 24 heavy (non-hydrogen) atoms. The maximum atomic E-state index is 11.1. The molecule has 0 aromatic carbocycles. The van der Waals surface area contributed by atoms with E-state index in [2.05, 4.69) is 19.2 Å². The number of hydrogen-bond donors (Lipinski definition) is 3. The molecule has 0 bridgehead atoms. The summed E-state index contributed by atoms with van der Waals surface area (Å²) in [4.78, 5) is 12.8. The zero-order valence-corrected chi connectivity index (χ0v) is 19.1. The summed E-state index contributed by atoms with van der Waals surface area (Å²) in [5.41, 5.74) is 0. The fourth-order valence-electron chi connectivity index (χ4n) is 2.43. The molecule has 0 spiro atoms. The Hall–Kier alpha value is 0.946. The van der Waals surface area contributed by atoms with Crippen LogP contribution in [0.25, 0.3) is 0 Å². The molecule has 0 amide bonds. The second-order valence-electron chi connectivity index (χ2n) is 6.29. The van der Waals surface area contributed by atoms with Crippen LogP contribution in [0.15, 0.2) is 0 Å². The quantitative estimate of drug-likeness (QED) is 0.212. The minimum Gasteiger partial charge on any atom is -0.548 e. The van der Waals surface area contributed by atoms with Gasteiger partial charge in [-0.15, -0.1) is 0 Å². The monoisotopic (exact) mass is 370 g/mol. The van der Waals surface area contributed by atoms with Crippen LogP contribution >= 0.6 is 0 Å². The summed E-state index contributed by atoms with van der Waals surface area (Å²) >= 11 is 0. The van der Waals surface area contributed by atoms with Crippen molar-refractivity contribution in [1.82, 2.24) is 10.2 Å². The number of nitrogens with zero attached hydrogens (tertiary/aromatic N) is 1. The van der Waals surface area contributed by atoms with Gasteiger partial charge in [0.2, 0.25) is 0 Å². The Morgan fingerprint density at radius 2 is 1.67 bits per heavy atom. The van der Waals surface area contributed by atoms with Crippen LogP contribution in [0.3, 0.4) is 0 Å². The molecular formula is C17H35KN2O4. The van der Waals surface area contributed by atoms with Gasteiger partial charge in [-0.3, -0.25) is 4.90 Å². The van der Waals surface area contributed by atoms with E-state index in [1.165, 1.54) is 0 Å². The van der Waals surface area contributed by atoms with E-state index in [9.17, 15) is 20.1 Å². The van der Waals surface area contributed by atoms with Gasteiger partial charge in [-0.25, -0.2) is 0 Å². The largest absolute Gasteiger partial charge is 1.00 e. The summed E-state index contributed by atoms with van der Waals surface area (Å²) in [7, 11) is 0. The van der Waals surface area contributed by atoms with Crippen molar-refractivity contribution in [3.05, 3.63) is 0 Å². The zero-order chi connectivity index (χ0) is 17.7. The Balaban J connectivity index is 0. The predicted octanol–water partition coefficient (Wildman–Crippen LogP) is -2.88. The summed E-state index contributed by atoms with van der Waals surface area (Å²) in [5.74, 6) is -1.13. The number of carboxylic acids is 1. The maximum Gasteiger partial charge on any atom is 1.00 e. The predicted molar refractivity (Wildman–Crippen MR) is 90.0 cm³/mol. The normalized spacial score (nSPS) is 14.9. The average Bonchev–Trinajstić information content (AvgIpc) is 2.52. The van der Waals surface area contributed by atoms with Crippen molar-refractivity contribution in [2.45, 2.75) is 77.5 Å². The first-order chi connectivity index (χ1) is 10.9. The van der Waals surface area contributed by atoms with E-state index >= 15 is 0 Å². The van der Waals surface area contributed by atoms with E-state index in [4.69, 9.17) is 0 Å². The molecule has 3 atom stereocenters. The number of aliphatic hydroxyl groups is 2. The van der Waals surface area contributed by atoms with E-state index in [-0.39, 0.29) is 57.5 Å². The third-order valence-corrected chi connectivity index (χ3v) is 4.07. The molecule has 0 aromatic rings. The number of nitrogens with one attached hydrogen (secondary N) is 1. The van der Waals surface area contributed by atoms with Crippen molar-refractivity contribution in [3.8, 4) is 0 Å². The maximum absolute atomic E-state index is 11.1. The van der Waals surface area contributed by atoms with Crippen molar-refractivity contribution >= 4 is 5.97 Å². The summed E-state index contributed by atoms with van der Waals surface area (Å²) in [6.07, 6.45) is 4.56. The van der Waals surface area contributed by atoms with Gasteiger partial charge in [0, 0.05) is 32.2 Å². The van der Waals surface area contributed by atoms with Crippen molar-refractivity contribution in [1.29, 1.82) is 0 Å². The van der Waals surface area contributed by atoms with E-state index in [1.54, 1.807) is 11.8 Å². The van der Waals surface area contributed by atoms with E-state index in [0.717, 1.165) is 32.1 Å². The van der Waals surface area contributed by atoms with Gasteiger partial charge in [0.1, 0.15) is 0 Å². The van der Waals surface area contributed by atoms with E-state index in [1.807, 2.05) is 0 Å². The molecule has 3 N–H and O–H groups in total. The van der Waals surface area contributed by atoms with Gasteiger partial charge in [-0.05, 0) is 19.8 Å². The first-order valence-corrected chi connectivity index (χ1v) is 8.94. The van der Waals surface area contributed by atoms with Gasteiger partial charge in [0.25, 0.3) is 0 Å². The smallest absolute Gasteiger partial charge is 0.548 e. The molecule has 138 valence electrons.